The molecule has 0 fully saturated rings. The number of carbonyl (C=O) groups excluding carboxylic acids is 2. The molecule has 7 heteroatoms. The predicted octanol–water partition coefficient (Wildman–Crippen LogP) is 5.04. The van der Waals surface area contributed by atoms with Gasteiger partial charge in [0.2, 0.25) is 0 Å². The van der Waals surface area contributed by atoms with E-state index < -0.39 is 0 Å². The van der Waals surface area contributed by atoms with E-state index in [4.69, 9.17) is 16.1 Å². The van der Waals surface area contributed by atoms with E-state index in [1.165, 1.54) is 0 Å². The van der Waals surface area contributed by atoms with Gasteiger partial charge in [0, 0.05) is 29.9 Å². The van der Waals surface area contributed by atoms with Gasteiger partial charge in [-0.05, 0) is 51.1 Å². The molecule has 0 spiro atoms. The van der Waals surface area contributed by atoms with Crippen LogP contribution in [-0.2, 0) is 0 Å². The molecule has 6 nitrogen and oxygen atoms in total. The molecule has 0 aliphatic heterocycles. The van der Waals surface area contributed by atoms with Gasteiger partial charge in [-0.2, -0.15) is 0 Å². The van der Waals surface area contributed by atoms with Gasteiger partial charge in [0.05, 0.1) is 5.02 Å². The average molecular weight is 412 g/mol. The summed E-state index contributed by atoms with van der Waals surface area (Å²) in [6, 6.07) is 13.9. The maximum atomic E-state index is 12.9. The number of benzene rings is 2. The van der Waals surface area contributed by atoms with Gasteiger partial charge in [-0.1, -0.05) is 35.0 Å². The Morgan fingerprint density at radius 2 is 1.72 bits per heavy atom. The van der Waals surface area contributed by atoms with E-state index in [2.05, 4.69) is 10.5 Å². The van der Waals surface area contributed by atoms with E-state index in [1.54, 1.807) is 54.3 Å². The van der Waals surface area contributed by atoms with Gasteiger partial charge in [-0.25, -0.2) is 0 Å². The van der Waals surface area contributed by atoms with Crippen molar-refractivity contribution in [3.8, 4) is 11.3 Å². The maximum Gasteiger partial charge on any atom is 0.261 e. The number of hydrogen-bond acceptors (Lipinski definition) is 4. The zero-order chi connectivity index (χ0) is 21.0. The second-order valence-corrected chi connectivity index (χ2v) is 6.86. The Labute approximate surface area is 174 Å². The molecule has 0 bridgehead atoms. The minimum Gasteiger partial charge on any atom is -0.360 e. The lowest BCUT2D eigenvalue weighted by Gasteiger charge is -2.18. The number of hydrogen-bond donors (Lipinski definition) is 1. The third kappa shape index (κ3) is 4.32. The van der Waals surface area contributed by atoms with E-state index in [-0.39, 0.29) is 11.8 Å². The molecule has 0 aliphatic rings. The number of anilines is 1. The van der Waals surface area contributed by atoms with Crippen LogP contribution in [0.5, 0.6) is 0 Å². The first-order valence-electron chi connectivity index (χ1n) is 9.38. The second-order valence-electron chi connectivity index (χ2n) is 6.45. The lowest BCUT2D eigenvalue weighted by Crippen LogP contribution is -2.30. The van der Waals surface area contributed by atoms with Gasteiger partial charge in [-0.15, -0.1) is 0 Å². The Morgan fingerprint density at radius 1 is 1.07 bits per heavy atom. The second kappa shape index (κ2) is 8.92. The van der Waals surface area contributed by atoms with Gasteiger partial charge >= 0.3 is 0 Å². The summed E-state index contributed by atoms with van der Waals surface area (Å²) in [6.45, 7) is 6.84. The third-order valence-electron chi connectivity index (χ3n) is 4.66. The van der Waals surface area contributed by atoms with Crippen LogP contribution in [0.4, 0.5) is 5.69 Å². The Morgan fingerprint density at radius 3 is 2.34 bits per heavy atom. The summed E-state index contributed by atoms with van der Waals surface area (Å²) in [7, 11) is 0. The van der Waals surface area contributed by atoms with Crippen molar-refractivity contribution in [1.29, 1.82) is 0 Å². The maximum absolute atomic E-state index is 12.9. The topological polar surface area (TPSA) is 75.4 Å². The van der Waals surface area contributed by atoms with E-state index in [0.29, 0.717) is 51.9 Å². The van der Waals surface area contributed by atoms with Crippen molar-refractivity contribution >= 4 is 29.1 Å². The molecule has 3 aromatic rings. The number of nitrogens with one attached hydrogen (secondary N) is 1. The fourth-order valence-electron chi connectivity index (χ4n) is 3.06. The van der Waals surface area contributed by atoms with Crippen molar-refractivity contribution < 1.29 is 14.1 Å². The average Bonchev–Trinajstić information content (AvgIpc) is 3.11. The highest BCUT2D eigenvalue weighted by Gasteiger charge is 2.23. The molecule has 1 heterocycles. The highest BCUT2D eigenvalue weighted by molar-refractivity contribution is 6.33. The predicted molar refractivity (Wildman–Crippen MR) is 113 cm³/mol. The third-order valence-corrected chi connectivity index (χ3v) is 4.99. The van der Waals surface area contributed by atoms with Crippen molar-refractivity contribution in [2.45, 2.75) is 20.8 Å². The Kier molecular flexibility index (Phi) is 6.34. The van der Waals surface area contributed by atoms with Crippen molar-refractivity contribution in [3.63, 3.8) is 0 Å². The first-order valence-corrected chi connectivity index (χ1v) is 9.75. The highest BCUT2D eigenvalue weighted by Crippen LogP contribution is 2.31. The van der Waals surface area contributed by atoms with Crippen LogP contribution >= 0.6 is 11.6 Å². The van der Waals surface area contributed by atoms with Crippen molar-refractivity contribution in [2.75, 3.05) is 18.4 Å². The number of aryl methyl sites for hydroxylation is 1. The summed E-state index contributed by atoms with van der Waals surface area (Å²) in [6.07, 6.45) is 0. The summed E-state index contributed by atoms with van der Waals surface area (Å²) >= 11 is 6.25. The Hall–Kier alpha value is -3.12. The number of rotatable bonds is 6. The Bertz CT molecular complexity index is 1020. The number of carbonyl (C=O) groups is 2. The summed E-state index contributed by atoms with van der Waals surface area (Å²) in [4.78, 5) is 27.0. The van der Waals surface area contributed by atoms with Gasteiger partial charge in [0.1, 0.15) is 17.0 Å². The molecule has 1 N–H and O–H groups in total. The molecule has 0 atom stereocenters. The molecule has 0 radical (unpaired) electrons. The smallest absolute Gasteiger partial charge is 0.261 e. The van der Waals surface area contributed by atoms with E-state index >= 15 is 0 Å². The normalized spacial score (nSPS) is 10.6. The zero-order valence-corrected chi connectivity index (χ0v) is 17.3. The standard InChI is InChI=1S/C22H22ClN3O3/c1-4-26(5-2)22(28)15-10-12-16(13-11-15)24-21(27)19-14(3)29-25-20(19)17-8-6-7-9-18(17)23/h6-13H,4-5H2,1-3H3,(H,24,27). The molecule has 3 rings (SSSR count). The number of aromatic nitrogens is 1. The Balaban J connectivity index is 1.82. The van der Waals surface area contributed by atoms with Crippen LogP contribution in [0.3, 0.4) is 0 Å². The number of amides is 2. The highest BCUT2D eigenvalue weighted by atomic mass is 35.5. The molecule has 150 valence electrons. The van der Waals surface area contributed by atoms with Crippen LogP contribution in [-0.4, -0.2) is 35.0 Å². The van der Waals surface area contributed by atoms with Crippen LogP contribution in [0.25, 0.3) is 11.3 Å². The molecule has 0 unspecified atom stereocenters. The molecule has 0 aliphatic carbocycles. The van der Waals surface area contributed by atoms with E-state index in [0.717, 1.165) is 0 Å². The van der Waals surface area contributed by atoms with Gasteiger partial charge in [-0.3, -0.25) is 9.59 Å². The summed E-state index contributed by atoms with van der Waals surface area (Å²) < 4.78 is 5.25. The first-order chi connectivity index (χ1) is 14.0. The van der Waals surface area contributed by atoms with Gasteiger partial charge in [0.15, 0.2) is 0 Å². The van der Waals surface area contributed by atoms with E-state index in [9.17, 15) is 9.59 Å². The summed E-state index contributed by atoms with van der Waals surface area (Å²) in [5.41, 5.74) is 2.47. The SMILES string of the molecule is CCN(CC)C(=O)c1ccc(NC(=O)c2c(-c3ccccc3Cl)noc2C)cc1. The molecule has 29 heavy (non-hydrogen) atoms. The van der Waals surface area contributed by atoms with Crippen LogP contribution in [0.1, 0.15) is 40.3 Å². The fourth-order valence-corrected chi connectivity index (χ4v) is 3.29. The minimum absolute atomic E-state index is 0.0382. The lowest BCUT2D eigenvalue weighted by molar-refractivity contribution is 0.0773. The molecule has 2 amide bonds. The first kappa shape index (κ1) is 20.6. The minimum atomic E-state index is -0.360. The van der Waals surface area contributed by atoms with Crippen LogP contribution in [0, 0.1) is 6.92 Å². The molecule has 1 aromatic heterocycles. The quantitative estimate of drug-likeness (QED) is 0.616. The molecule has 2 aromatic carbocycles. The summed E-state index contributed by atoms with van der Waals surface area (Å²) in [5.74, 6) is -0.00370. The number of halogens is 1. The monoisotopic (exact) mass is 411 g/mol. The lowest BCUT2D eigenvalue weighted by atomic mass is 10.1. The van der Waals surface area contributed by atoms with E-state index in [1.807, 2.05) is 19.9 Å². The van der Waals surface area contributed by atoms with Crippen LogP contribution in [0.2, 0.25) is 5.02 Å². The van der Waals surface area contributed by atoms with Crippen LogP contribution < -0.4 is 5.32 Å². The fraction of sp³-hybridized carbons (Fsp3) is 0.227. The molecular weight excluding hydrogens is 390 g/mol. The van der Waals surface area contributed by atoms with Gasteiger partial charge in [0.25, 0.3) is 11.8 Å². The zero-order valence-electron chi connectivity index (χ0n) is 16.5. The van der Waals surface area contributed by atoms with Crippen molar-refractivity contribution in [2.24, 2.45) is 0 Å². The van der Waals surface area contributed by atoms with Crippen LogP contribution in [0.15, 0.2) is 53.1 Å². The summed E-state index contributed by atoms with van der Waals surface area (Å²) in [5, 5.41) is 7.33. The molecule has 0 saturated heterocycles. The van der Waals surface area contributed by atoms with Crippen molar-refractivity contribution in [1.82, 2.24) is 10.1 Å². The van der Waals surface area contributed by atoms with Gasteiger partial charge < -0.3 is 14.7 Å². The number of nitrogens with zero attached hydrogens (tertiary/aromatic N) is 2. The molecular formula is C22H22ClN3O3. The largest absolute Gasteiger partial charge is 0.360 e. The molecule has 0 saturated carbocycles. The van der Waals surface area contributed by atoms with Crippen molar-refractivity contribution in [3.05, 3.63) is 70.4 Å².